The molecule has 0 amide bonds. The molecule has 2 aromatic heterocycles. The molecular weight excluding hydrogens is 206 g/mol. The van der Waals surface area contributed by atoms with E-state index < -0.39 is 0 Å². The first-order valence-corrected chi connectivity index (χ1v) is 5.81. The molecule has 1 N–H and O–H groups in total. The fourth-order valence-corrected chi connectivity index (χ4v) is 1.93. The molecule has 0 fully saturated rings. The molecule has 0 aliphatic heterocycles. The van der Waals surface area contributed by atoms with Gasteiger partial charge in [0.05, 0.1) is 5.01 Å². The summed E-state index contributed by atoms with van der Waals surface area (Å²) in [5.74, 6) is 0. The number of aromatic nitrogens is 2. The van der Waals surface area contributed by atoms with Crippen LogP contribution in [-0.2, 0) is 13.0 Å². The van der Waals surface area contributed by atoms with Crippen LogP contribution in [0.25, 0.3) is 0 Å². The van der Waals surface area contributed by atoms with Crippen molar-refractivity contribution in [3.05, 3.63) is 46.7 Å². The van der Waals surface area contributed by atoms with Crippen molar-refractivity contribution in [2.24, 2.45) is 0 Å². The summed E-state index contributed by atoms with van der Waals surface area (Å²) in [5.41, 5.74) is 1.22. The summed E-state index contributed by atoms with van der Waals surface area (Å²) < 4.78 is 0. The summed E-state index contributed by atoms with van der Waals surface area (Å²) >= 11 is 1.71. The number of hydrogen-bond acceptors (Lipinski definition) is 4. The van der Waals surface area contributed by atoms with Gasteiger partial charge in [-0.3, -0.25) is 4.98 Å². The molecule has 0 unspecified atom stereocenters. The van der Waals surface area contributed by atoms with Crippen molar-refractivity contribution in [1.82, 2.24) is 15.3 Å². The van der Waals surface area contributed by atoms with Gasteiger partial charge < -0.3 is 5.32 Å². The van der Waals surface area contributed by atoms with Crippen molar-refractivity contribution in [2.45, 2.75) is 13.0 Å². The van der Waals surface area contributed by atoms with E-state index in [1.807, 2.05) is 23.8 Å². The molecule has 78 valence electrons. The van der Waals surface area contributed by atoms with Gasteiger partial charge in [-0.25, -0.2) is 4.98 Å². The Balaban J connectivity index is 1.68. The Morgan fingerprint density at radius 2 is 2.33 bits per heavy atom. The number of nitrogens with zero attached hydrogens (tertiary/aromatic N) is 2. The number of thiazole rings is 1. The Morgan fingerprint density at radius 1 is 1.33 bits per heavy atom. The molecule has 15 heavy (non-hydrogen) atoms. The van der Waals surface area contributed by atoms with Gasteiger partial charge in [-0.2, -0.15) is 0 Å². The van der Waals surface area contributed by atoms with Crippen LogP contribution in [0.5, 0.6) is 0 Å². The second-order valence-electron chi connectivity index (χ2n) is 3.21. The van der Waals surface area contributed by atoms with Crippen LogP contribution in [0, 0.1) is 0 Å². The zero-order chi connectivity index (χ0) is 10.3. The minimum absolute atomic E-state index is 0.874. The quantitative estimate of drug-likeness (QED) is 0.780. The lowest BCUT2D eigenvalue weighted by Gasteiger charge is -2.02. The van der Waals surface area contributed by atoms with E-state index in [1.54, 1.807) is 17.5 Å². The number of nitrogens with one attached hydrogen (secondary N) is 1. The maximum atomic E-state index is 4.23. The monoisotopic (exact) mass is 219 g/mol. The predicted molar refractivity (Wildman–Crippen MR) is 61.8 cm³/mol. The van der Waals surface area contributed by atoms with E-state index in [9.17, 15) is 0 Å². The molecule has 4 heteroatoms. The van der Waals surface area contributed by atoms with Gasteiger partial charge in [0, 0.05) is 43.5 Å². The van der Waals surface area contributed by atoms with Crippen LogP contribution in [0.1, 0.15) is 10.6 Å². The third kappa shape index (κ3) is 3.42. The first kappa shape index (κ1) is 10.3. The first-order chi connectivity index (χ1) is 7.45. The maximum Gasteiger partial charge on any atom is 0.0937 e. The average Bonchev–Trinajstić information content (AvgIpc) is 2.79. The molecular formula is C11H13N3S. The zero-order valence-electron chi connectivity index (χ0n) is 8.39. The molecule has 2 aromatic rings. The lowest BCUT2D eigenvalue weighted by atomic mass is 10.3. The van der Waals surface area contributed by atoms with Gasteiger partial charge in [-0.15, -0.1) is 11.3 Å². The van der Waals surface area contributed by atoms with Gasteiger partial charge in [0.15, 0.2) is 0 Å². The fourth-order valence-electron chi connectivity index (χ4n) is 1.31. The number of rotatable bonds is 5. The van der Waals surface area contributed by atoms with E-state index in [2.05, 4.69) is 21.4 Å². The van der Waals surface area contributed by atoms with E-state index in [1.165, 1.54) is 10.6 Å². The van der Waals surface area contributed by atoms with Gasteiger partial charge in [0.1, 0.15) is 0 Å². The van der Waals surface area contributed by atoms with Crippen LogP contribution in [-0.4, -0.2) is 16.5 Å². The molecule has 2 rings (SSSR count). The van der Waals surface area contributed by atoms with Gasteiger partial charge in [-0.05, 0) is 11.6 Å². The van der Waals surface area contributed by atoms with E-state index in [0.717, 1.165) is 19.5 Å². The second-order valence-corrected chi connectivity index (χ2v) is 4.19. The van der Waals surface area contributed by atoms with Crippen molar-refractivity contribution < 1.29 is 0 Å². The summed E-state index contributed by atoms with van der Waals surface area (Å²) in [6, 6.07) is 4.03. The average molecular weight is 219 g/mol. The third-order valence-electron chi connectivity index (χ3n) is 2.05. The van der Waals surface area contributed by atoms with Crippen molar-refractivity contribution in [3.8, 4) is 0 Å². The highest BCUT2D eigenvalue weighted by molar-refractivity contribution is 7.09. The SMILES string of the molecule is c1cncc(CNCCc2nccs2)c1. The van der Waals surface area contributed by atoms with Crippen LogP contribution in [0.4, 0.5) is 0 Å². The smallest absolute Gasteiger partial charge is 0.0937 e. The highest BCUT2D eigenvalue weighted by Gasteiger charge is 1.95. The Bertz CT molecular complexity index is 372. The van der Waals surface area contributed by atoms with E-state index in [0.29, 0.717) is 0 Å². The van der Waals surface area contributed by atoms with Gasteiger partial charge in [0.25, 0.3) is 0 Å². The Kier molecular flexibility index (Phi) is 3.82. The minimum atomic E-state index is 0.874. The molecule has 0 aliphatic carbocycles. The van der Waals surface area contributed by atoms with Gasteiger partial charge in [-0.1, -0.05) is 6.07 Å². The molecule has 3 nitrogen and oxygen atoms in total. The summed E-state index contributed by atoms with van der Waals surface area (Å²) in [6.45, 7) is 1.83. The zero-order valence-corrected chi connectivity index (χ0v) is 9.20. The lowest BCUT2D eigenvalue weighted by molar-refractivity contribution is 0.683. The molecule has 0 radical (unpaired) electrons. The standard InChI is InChI=1S/C11H13N3S/c1-2-10(8-12-4-1)9-13-5-3-11-14-6-7-15-11/h1-2,4,6-8,13H,3,5,9H2. The largest absolute Gasteiger partial charge is 0.312 e. The molecule has 0 bridgehead atoms. The summed E-state index contributed by atoms with van der Waals surface area (Å²) in [5, 5.41) is 6.57. The molecule has 0 aliphatic rings. The van der Waals surface area contributed by atoms with Crippen molar-refractivity contribution in [2.75, 3.05) is 6.54 Å². The molecule has 2 heterocycles. The summed E-state index contributed by atoms with van der Waals surface area (Å²) in [4.78, 5) is 8.29. The topological polar surface area (TPSA) is 37.8 Å². The van der Waals surface area contributed by atoms with E-state index >= 15 is 0 Å². The Morgan fingerprint density at radius 3 is 3.07 bits per heavy atom. The maximum absolute atomic E-state index is 4.23. The Hall–Kier alpha value is -1.26. The van der Waals surface area contributed by atoms with Crippen LogP contribution in [0.15, 0.2) is 36.1 Å². The fraction of sp³-hybridized carbons (Fsp3) is 0.273. The highest BCUT2D eigenvalue weighted by atomic mass is 32.1. The first-order valence-electron chi connectivity index (χ1n) is 4.93. The molecule has 0 saturated heterocycles. The highest BCUT2D eigenvalue weighted by Crippen LogP contribution is 2.03. The number of pyridine rings is 1. The second kappa shape index (κ2) is 5.58. The molecule has 0 aromatic carbocycles. The van der Waals surface area contributed by atoms with Crippen LogP contribution < -0.4 is 5.32 Å². The molecule has 0 spiro atoms. The molecule has 0 saturated carbocycles. The number of hydrogen-bond donors (Lipinski definition) is 1. The summed E-state index contributed by atoms with van der Waals surface area (Å²) in [6.07, 6.45) is 6.52. The predicted octanol–water partition coefficient (Wildman–Crippen LogP) is 1.87. The van der Waals surface area contributed by atoms with Gasteiger partial charge in [0.2, 0.25) is 0 Å². The molecule has 0 atom stereocenters. The van der Waals surface area contributed by atoms with Crippen molar-refractivity contribution in [1.29, 1.82) is 0 Å². The normalized spacial score (nSPS) is 10.4. The third-order valence-corrected chi connectivity index (χ3v) is 2.89. The van der Waals surface area contributed by atoms with Crippen LogP contribution in [0.2, 0.25) is 0 Å². The van der Waals surface area contributed by atoms with Crippen LogP contribution in [0.3, 0.4) is 0 Å². The summed E-state index contributed by atoms with van der Waals surface area (Å²) in [7, 11) is 0. The minimum Gasteiger partial charge on any atom is -0.312 e. The van der Waals surface area contributed by atoms with Crippen LogP contribution >= 0.6 is 11.3 Å². The van der Waals surface area contributed by atoms with E-state index in [-0.39, 0.29) is 0 Å². The lowest BCUT2D eigenvalue weighted by Crippen LogP contribution is -2.16. The van der Waals surface area contributed by atoms with Crippen molar-refractivity contribution >= 4 is 11.3 Å². The Labute approximate surface area is 93.2 Å². The van der Waals surface area contributed by atoms with Gasteiger partial charge >= 0.3 is 0 Å². The van der Waals surface area contributed by atoms with E-state index in [4.69, 9.17) is 0 Å². The van der Waals surface area contributed by atoms with Crippen molar-refractivity contribution in [3.63, 3.8) is 0 Å².